The maximum absolute atomic E-state index is 12.0. The zero-order valence-corrected chi connectivity index (χ0v) is 15.7. The van der Waals surface area contributed by atoms with Gasteiger partial charge in [-0.3, -0.25) is 14.9 Å². The SMILES string of the molecule is COc1cc(/C=C(/C#N)C(=O)N(C)C)ccc1OCc1ccc([N+](=O)[O-])cc1. The average Bonchev–Trinajstić information content (AvgIpc) is 2.70. The third-order valence-corrected chi connectivity index (χ3v) is 3.80. The van der Waals surface area contributed by atoms with Gasteiger partial charge in [0.25, 0.3) is 11.6 Å². The number of carbonyl (C=O) groups is 1. The molecule has 0 aliphatic heterocycles. The number of rotatable bonds is 7. The van der Waals surface area contributed by atoms with Crippen LogP contribution < -0.4 is 9.47 Å². The Hall–Kier alpha value is -3.86. The lowest BCUT2D eigenvalue weighted by atomic mass is 10.1. The molecule has 144 valence electrons. The number of carbonyl (C=O) groups excluding carboxylic acids is 1. The van der Waals surface area contributed by atoms with Gasteiger partial charge in [-0.1, -0.05) is 6.07 Å². The average molecular weight is 381 g/mol. The third-order valence-electron chi connectivity index (χ3n) is 3.80. The number of amides is 1. The van der Waals surface area contributed by atoms with Crippen LogP contribution in [0.4, 0.5) is 5.69 Å². The number of nitro benzene ring substituents is 1. The Morgan fingerprint density at radius 1 is 1.21 bits per heavy atom. The second-order valence-electron chi connectivity index (χ2n) is 5.99. The van der Waals surface area contributed by atoms with Crippen molar-refractivity contribution in [2.45, 2.75) is 6.61 Å². The second-order valence-corrected chi connectivity index (χ2v) is 5.99. The van der Waals surface area contributed by atoms with Crippen LogP contribution in [-0.2, 0) is 11.4 Å². The number of methoxy groups -OCH3 is 1. The summed E-state index contributed by atoms with van der Waals surface area (Å²) in [7, 11) is 4.63. The molecule has 0 atom stereocenters. The standard InChI is InChI=1S/C20H19N3O5/c1-22(2)20(24)16(12-21)10-15-6-9-18(19(11-15)27-3)28-13-14-4-7-17(8-5-14)23(25)26/h4-11H,13H2,1-3H3/b16-10-. The molecule has 0 N–H and O–H groups in total. The van der Waals surface area contributed by atoms with Crippen LogP contribution in [0.5, 0.6) is 11.5 Å². The Morgan fingerprint density at radius 2 is 1.89 bits per heavy atom. The lowest BCUT2D eigenvalue weighted by Crippen LogP contribution is -2.22. The van der Waals surface area contributed by atoms with E-state index in [9.17, 15) is 20.2 Å². The molecule has 8 heteroatoms. The number of benzene rings is 2. The van der Waals surface area contributed by atoms with Crippen molar-refractivity contribution in [3.63, 3.8) is 0 Å². The summed E-state index contributed by atoms with van der Waals surface area (Å²) >= 11 is 0. The molecular weight excluding hydrogens is 362 g/mol. The highest BCUT2D eigenvalue weighted by Gasteiger charge is 2.12. The van der Waals surface area contributed by atoms with E-state index < -0.39 is 4.92 Å². The van der Waals surface area contributed by atoms with Gasteiger partial charge in [-0.25, -0.2) is 0 Å². The van der Waals surface area contributed by atoms with Crippen molar-refractivity contribution in [3.8, 4) is 17.6 Å². The van der Waals surface area contributed by atoms with E-state index in [1.54, 1.807) is 44.4 Å². The molecule has 0 fully saturated rings. The van der Waals surface area contributed by atoms with Gasteiger partial charge in [-0.05, 0) is 41.5 Å². The fourth-order valence-corrected chi connectivity index (χ4v) is 2.32. The van der Waals surface area contributed by atoms with Crippen LogP contribution >= 0.6 is 0 Å². The molecule has 0 saturated carbocycles. The first-order chi connectivity index (χ1) is 13.3. The molecule has 0 radical (unpaired) electrons. The predicted molar refractivity (Wildman–Crippen MR) is 103 cm³/mol. The van der Waals surface area contributed by atoms with Gasteiger partial charge in [0.1, 0.15) is 18.2 Å². The van der Waals surface area contributed by atoms with Crippen LogP contribution in [-0.4, -0.2) is 36.9 Å². The molecule has 0 aromatic heterocycles. The largest absolute Gasteiger partial charge is 0.493 e. The van der Waals surface area contributed by atoms with Crippen molar-refractivity contribution < 1.29 is 19.2 Å². The maximum atomic E-state index is 12.0. The molecule has 8 nitrogen and oxygen atoms in total. The normalized spacial score (nSPS) is 10.7. The van der Waals surface area contributed by atoms with Gasteiger partial charge in [0, 0.05) is 26.2 Å². The minimum Gasteiger partial charge on any atom is -0.493 e. The number of nitriles is 1. The number of likely N-dealkylation sites (N-methyl/N-ethyl adjacent to an activating group) is 1. The van der Waals surface area contributed by atoms with Crippen molar-refractivity contribution in [2.24, 2.45) is 0 Å². The highest BCUT2D eigenvalue weighted by Crippen LogP contribution is 2.30. The van der Waals surface area contributed by atoms with Crippen LogP contribution in [0.2, 0.25) is 0 Å². The van der Waals surface area contributed by atoms with E-state index in [4.69, 9.17) is 9.47 Å². The molecule has 0 spiro atoms. The zero-order valence-electron chi connectivity index (χ0n) is 15.7. The first-order valence-electron chi connectivity index (χ1n) is 8.23. The van der Waals surface area contributed by atoms with E-state index >= 15 is 0 Å². The molecule has 0 bridgehead atoms. The molecule has 2 aromatic rings. The Bertz CT molecular complexity index is 943. The number of nitrogens with zero attached hydrogens (tertiary/aromatic N) is 3. The minimum absolute atomic E-state index is 0.00611. The summed E-state index contributed by atoms with van der Waals surface area (Å²) in [5, 5.41) is 19.9. The monoisotopic (exact) mass is 381 g/mol. The minimum atomic E-state index is -0.462. The van der Waals surface area contributed by atoms with E-state index in [-0.39, 0.29) is 23.8 Å². The maximum Gasteiger partial charge on any atom is 0.269 e. The van der Waals surface area contributed by atoms with Crippen molar-refractivity contribution in [2.75, 3.05) is 21.2 Å². The van der Waals surface area contributed by atoms with Gasteiger partial charge in [-0.15, -0.1) is 0 Å². The molecule has 1 amide bonds. The highest BCUT2D eigenvalue weighted by atomic mass is 16.6. The number of ether oxygens (including phenoxy) is 2. The van der Waals surface area contributed by atoms with Crippen LogP contribution in [0.25, 0.3) is 6.08 Å². The van der Waals surface area contributed by atoms with Crippen molar-refractivity contribution in [1.29, 1.82) is 5.26 Å². The summed E-state index contributed by atoms with van der Waals surface area (Å²) in [6.45, 7) is 0.200. The first kappa shape index (κ1) is 20.5. The molecule has 0 aliphatic carbocycles. The first-order valence-corrected chi connectivity index (χ1v) is 8.23. The molecule has 28 heavy (non-hydrogen) atoms. The summed E-state index contributed by atoms with van der Waals surface area (Å²) < 4.78 is 11.1. The number of nitro groups is 1. The van der Waals surface area contributed by atoms with Gasteiger partial charge in [0.2, 0.25) is 0 Å². The summed E-state index contributed by atoms with van der Waals surface area (Å²) in [5.74, 6) is 0.515. The van der Waals surface area contributed by atoms with Crippen LogP contribution in [0.15, 0.2) is 48.0 Å². The van der Waals surface area contributed by atoms with Crippen LogP contribution in [0.3, 0.4) is 0 Å². The van der Waals surface area contributed by atoms with Crippen LogP contribution in [0.1, 0.15) is 11.1 Å². The molecular formula is C20H19N3O5. The second kappa shape index (κ2) is 9.19. The summed E-state index contributed by atoms with van der Waals surface area (Å²) in [4.78, 5) is 23.5. The van der Waals surface area contributed by atoms with E-state index in [1.165, 1.54) is 30.2 Å². The summed E-state index contributed by atoms with van der Waals surface area (Å²) in [6.07, 6.45) is 1.48. The van der Waals surface area contributed by atoms with E-state index in [0.717, 1.165) is 5.56 Å². The molecule has 2 rings (SSSR count). The summed E-state index contributed by atoms with van der Waals surface area (Å²) in [5.41, 5.74) is 1.40. The third kappa shape index (κ3) is 5.08. The zero-order chi connectivity index (χ0) is 20.7. The van der Waals surface area contributed by atoms with Gasteiger partial charge >= 0.3 is 0 Å². The van der Waals surface area contributed by atoms with E-state index in [0.29, 0.717) is 17.1 Å². The fourth-order valence-electron chi connectivity index (χ4n) is 2.32. The highest BCUT2D eigenvalue weighted by molar-refractivity contribution is 6.01. The Balaban J connectivity index is 2.17. The molecule has 0 heterocycles. The van der Waals surface area contributed by atoms with Crippen molar-refractivity contribution in [3.05, 3.63) is 69.3 Å². The van der Waals surface area contributed by atoms with E-state index in [1.807, 2.05) is 6.07 Å². The fraction of sp³-hybridized carbons (Fsp3) is 0.200. The molecule has 2 aromatic carbocycles. The van der Waals surface area contributed by atoms with Gasteiger partial charge in [0.05, 0.1) is 12.0 Å². The lowest BCUT2D eigenvalue weighted by molar-refractivity contribution is -0.384. The van der Waals surface area contributed by atoms with Gasteiger partial charge in [0.15, 0.2) is 11.5 Å². The number of hydrogen-bond acceptors (Lipinski definition) is 6. The quantitative estimate of drug-likeness (QED) is 0.316. The smallest absolute Gasteiger partial charge is 0.269 e. The van der Waals surface area contributed by atoms with Gasteiger partial charge < -0.3 is 14.4 Å². The Morgan fingerprint density at radius 3 is 2.43 bits per heavy atom. The van der Waals surface area contributed by atoms with Crippen molar-refractivity contribution in [1.82, 2.24) is 4.90 Å². The Kier molecular flexibility index (Phi) is 6.71. The molecule has 0 saturated heterocycles. The van der Waals surface area contributed by atoms with Gasteiger partial charge in [-0.2, -0.15) is 5.26 Å². The topological polar surface area (TPSA) is 106 Å². The van der Waals surface area contributed by atoms with Crippen molar-refractivity contribution >= 4 is 17.7 Å². The molecule has 0 aliphatic rings. The number of non-ortho nitro benzene ring substituents is 1. The summed E-state index contributed by atoms with van der Waals surface area (Å²) in [6, 6.07) is 13.0. The lowest BCUT2D eigenvalue weighted by Gasteiger charge is -2.12. The molecule has 0 unspecified atom stereocenters. The number of hydrogen-bond donors (Lipinski definition) is 0. The Labute approximate surface area is 162 Å². The van der Waals surface area contributed by atoms with Crippen LogP contribution in [0, 0.1) is 21.4 Å². The predicted octanol–water partition coefficient (Wildman–Crippen LogP) is 3.18. The van der Waals surface area contributed by atoms with E-state index in [2.05, 4.69) is 0 Å².